The lowest BCUT2D eigenvalue weighted by atomic mass is 9.92. The lowest BCUT2D eigenvalue weighted by Gasteiger charge is -2.14. The summed E-state index contributed by atoms with van der Waals surface area (Å²) in [5, 5.41) is 27.7. The van der Waals surface area contributed by atoms with E-state index >= 15 is 0 Å². The standard InChI is InChI=1S/C16H14O2.C16H20O2.C13H14O2.C13H14.C10H11ClO2.C10H11N3O.C10H12O2.C9H11Br.C9H11NO2.C9H12.C8H15N5/c1-10(2)13-9-15(17)18-14-8-7-11-5-3-4-6-12(11)16(13)14;1-9(2)12-7-14-13(10(3)4)8-16(17)18-15(14)6-11(12)5;1-8(2)11-7-13(14)15-12-6-9(3)4-5-10(11)12;1-10(2)12-9-5-7-11-6-3-4-8-13(11)12;1-6(2)7-3-9-10(4-8(7)11)13-5-12-9;1-7(2)13-10(14)8-5-3-4-6-9(8)11-12-13;1-7(2)8-3-4-9-10(5-8)12-6-11-9;1-7(2)8-3-5-9(10)6-4-8;1-7(2)8-3-5-9(6-4-8)10(11)12;1-8(2)9-6-4-3-5-7-9;1-5(2)6-10-7(9)12-8(11-6)13(3)4/h3-10H,1-2H3;6-10H,1-5H3;4-8H,1-3H3;3-10H,1-2H3;3-4,6H,5H2,1-2H3;3-7H,1-2H3;3-5,7H,6H2,1-2H3;3-7H,1-2H3;3-7H,1-2H3;3-8H,1-2H3;5H,1-4H3,(H2,9,10,11,12). The summed E-state index contributed by atoms with van der Waals surface area (Å²) in [6, 6.07) is 84.8. The van der Waals surface area contributed by atoms with Gasteiger partial charge in [-0.2, -0.15) is 15.0 Å². The molecule has 0 bridgehead atoms. The summed E-state index contributed by atoms with van der Waals surface area (Å²) in [6.07, 6.45) is 0. The molecule has 17 aromatic rings. The number of halogens is 2. The molecule has 0 spiro atoms. The molecule has 0 unspecified atom stereocenters. The van der Waals surface area contributed by atoms with Gasteiger partial charge in [0.25, 0.3) is 11.2 Å². The fraction of sp³-hybridized carbons (Fsp3) is 0.341. The van der Waals surface area contributed by atoms with Crippen molar-refractivity contribution in [1.82, 2.24) is 29.9 Å². The van der Waals surface area contributed by atoms with Gasteiger partial charge in [-0.25, -0.2) is 19.1 Å². The molecule has 24 heteroatoms. The third-order valence-electron chi connectivity index (χ3n) is 24.3. The first-order valence-corrected chi connectivity index (χ1v) is 51.5. The lowest BCUT2D eigenvalue weighted by molar-refractivity contribution is -0.384. The molecule has 2 aliphatic rings. The fourth-order valence-corrected chi connectivity index (χ4v) is 16.5. The van der Waals surface area contributed by atoms with Crippen LogP contribution in [0.25, 0.3) is 65.4 Å². The number of benzene rings is 12. The number of ether oxygens (including phenoxy) is 4. The van der Waals surface area contributed by atoms with Crippen LogP contribution in [-0.2, 0) is 0 Å². The summed E-state index contributed by atoms with van der Waals surface area (Å²) in [5.41, 5.74) is 22.1. The van der Waals surface area contributed by atoms with Crippen molar-refractivity contribution < 1.29 is 37.1 Å². The second kappa shape index (κ2) is 55.4. The molecular weight excluding hydrogens is 1930 g/mol. The zero-order valence-electron chi connectivity index (χ0n) is 90.4. The third kappa shape index (κ3) is 33.7. The van der Waals surface area contributed by atoms with E-state index in [4.69, 9.17) is 49.5 Å². The van der Waals surface area contributed by atoms with E-state index in [-0.39, 0.29) is 51.0 Å². The van der Waals surface area contributed by atoms with Crippen molar-refractivity contribution in [3.63, 3.8) is 0 Å². The molecule has 0 fully saturated rings. The highest BCUT2D eigenvalue weighted by Gasteiger charge is 2.21. The van der Waals surface area contributed by atoms with Crippen molar-refractivity contribution >= 4 is 110 Å². The number of aromatic nitrogens is 6. The number of hydrogen-bond donors (Lipinski definition) is 1. The Morgan fingerprint density at radius 1 is 0.381 bits per heavy atom. The van der Waals surface area contributed by atoms with Crippen LogP contribution in [-0.4, -0.2) is 62.6 Å². The maximum absolute atomic E-state index is 11.8. The maximum Gasteiger partial charge on any atom is 0.336 e. The second-order valence-electron chi connectivity index (χ2n) is 40.0. The molecule has 0 aliphatic carbocycles. The molecule has 0 amide bonds. The van der Waals surface area contributed by atoms with E-state index in [0.29, 0.717) is 106 Å². The van der Waals surface area contributed by atoms with E-state index < -0.39 is 0 Å². The topological polar surface area (TPSA) is 286 Å². The lowest BCUT2D eigenvalue weighted by Crippen LogP contribution is -2.25. The number of non-ortho nitro benzene ring substituents is 1. The quantitative estimate of drug-likeness (QED) is 0.0458. The SMILES string of the molecule is CC(C)c1cc(=O)oc2ccc3ccccc3c12.CC(C)c1cc2c(cc1Cl)OCO2.CC(C)c1ccc(Br)cc1.CC(C)c1ccc([N+](=O)[O-])cc1.CC(C)c1ccc2c(c1)OCO2.CC(C)c1cccc2ccccc12.CC(C)c1ccccc1.CC(C)c1nc(N)nc(N(C)C)n1.CC(C)n1nnc2ccccc2c1=O.Cc1cc2oc(=O)cc(C(C)C)c2cc1C(C)C.Cc1ccc2c(C(C)C)cc(=O)oc2c1. The number of anilines is 2. The summed E-state index contributed by atoms with van der Waals surface area (Å²) in [4.78, 5) is 70.3. The Bertz CT molecular complexity index is 7430. The molecule has 7 heterocycles. The van der Waals surface area contributed by atoms with Gasteiger partial charge >= 0.3 is 16.9 Å². The van der Waals surface area contributed by atoms with Crippen LogP contribution in [0.1, 0.15) is 310 Å². The summed E-state index contributed by atoms with van der Waals surface area (Å²) in [6.45, 7) is 55.4. The molecule has 0 saturated heterocycles. The van der Waals surface area contributed by atoms with Crippen molar-refractivity contribution in [1.29, 1.82) is 0 Å². The molecule has 0 atom stereocenters. The highest BCUT2D eigenvalue weighted by atomic mass is 79.9. The van der Waals surface area contributed by atoms with Crippen LogP contribution in [0.3, 0.4) is 0 Å². The molecule has 2 aliphatic heterocycles. The number of nitro benzene ring substituents is 1. The van der Waals surface area contributed by atoms with Crippen LogP contribution in [0.4, 0.5) is 17.6 Å². The summed E-state index contributed by atoms with van der Waals surface area (Å²) >= 11 is 9.46. The van der Waals surface area contributed by atoms with Gasteiger partial charge in [0.1, 0.15) is 28.1 Å². The number of nitro groups is 1. The van der Waals surface area contributed by atoms with Crippen LogP contribution >= 0.6 is 27.5 Å². The predicted molar refractivity (Wildman–Crippen MR) is 610 cm³/mol. The van der Waals surface area contributed by atoms with E-state index in [0.717, 1.165) is 93.2 Å². The van der Waals surface area contributed by atoms with E-state index in [1.54, 1.807) is 42.5 Å². The van der Waals surface area contributed by atoms with Crippen LogP contribution in [0.2, 0.25) is 5.02 Å². The Kier molecular flexibility index (Phi) is 43.9. The van der Waals surface area contributed by atoms with Crippen molar-refractivity contribution in [2.45, 2.75) is 251 Å². The van der Waals surface area contributed by atoms with Crippen LogP contribution in [0, 0.1) is 24.0 Å². The van der Waals surface area contributed by atoms with E-state index in [2.05, 4.69) is 302 Å². The number of aryl methyl sites for hydroxylation is 2. The molecular formula is C123H145BrClN9O13. The summed E-state index contributed by atoms with van der Waals surface area (Å²) < 4.78 is 39.3. The van der Waals surface area contributed by atoms with E-state index in [9.17, 15) is 29.3 Å². The summed E-state index contributed by atoms with van der Waals surface area (Å²) in [5.74, 6) is 9.85. The molecule has 22 nitrogen and oxygen atoms in total. The smallest absolute Gasteiger partial charge is 0.336 e. The first-order chi connectivity index (χ1) is 69.7. The van der Waals surface area contributed by atoms with Crippen molar-refractivity contribution in [2.75, 3.05) is 38.3 Å². The number of nitrogens with two attached hydrogens (primary N) is 1. The average molecular weight is 2070 g/mol. The minimum Gasteiger partial charge on any atom is -0.454 e. The van der Waals surface area contributed by atoms with Crippen LogP contribution in [0.5, 0.6) is 23.0 Å². The number of fused-ring (bicyclic) bond motifs is 9. The van der Waals surface area contributed by atoms with Gasteiger partial charge in [-0.3, -0.25) is 14.9 Å². The largest absolute Gasteiger partial charge is 0.454 e. The van der Waals surface area contributed by atoms with E-state index in [1.807, 2.05) is 145 Å². The highest BCUT2D eigenvalue weighted by Crippen LogP contribution is 2.41. The Morgan fingerprint density at radius 3 is 1.36 bits per heavy atom. The molecule has 0 radical (unpaired) electrons. The molecule has 2 N–H and O–H groups in total. The van der Waals surface area contributed by atoms with Gasteiger partial charge in [0.05, 0.1) is 16.4 Å². The molecule has 19 rings (SSSR count). The average Bonchev–Trinajstić information content (AvgIpc) is 1.34. The van der Waals surface area contributed by atoms with Crippen LogP contribution in [0.15, 0.2) is 298 Å². The van der Waals surface area contributed by atoms with E-state index in [1.165, 1.54) is 66.4 Å². The second-order valence-corrected chi connectivity index (χ2v) is 41.4. The van der Waals surface area contributed by atoms with Gasteiger partial charge in [-0.05, 0) is 242 Å². The Balaban J connectivity index is 0.000000181. The van der Waals surface area contributed by atoms with Gasteiger partial charge in [-0.15, -0.1) is 5.10 Å². The van der Waals surface area contributed by atoms with Crippen molar-refractivity contribution in [2.24, 2.45) is 0 Å². The third-order valence-corrected chi connectivity index (χ3v) is 25.2. The molecule has 147 heavy (non-hydrogen) atoms. The first kappa shape index (κ1) is 116. The predicted octanol–water partition coefficient (Wildman–Crippen LogP) is 32.5. The van der Waals surface area contributed by atoms with Gasteiger partial charge in [0.2, 0.25) is 25.5 Å². The molecule has 0 saturated carbocycles. The summed E-state index contributed by atoms with van der Waals surface area (Å²) in [7, 11) is 3.75. The molecule has 5 aromatic heterocycles. The molecule has 774 valence electrons. The number of nitrogen functional groups attached to an aromatic ring is 1. The van der Waals surface area contributed by atoms with Crippen molar-refractivity contribution in [3.05, 3.63) is 395 Å². The van der Waals surface area contributed by atoms with Gasteiger partial charge in [0.15, 0.2) is 23.0 Å². The minimum atomic E-state index is -0.385. The zero-order valence-corrected chi connectivity index (χ0v) is 92.7. The first-order valence-electron chi connectivity index (χ1n) is 50.3. The Morgan fingerprint density at radius 2 is 0.837 bits per heavy atom. The van der Waals surface area contributed by atoms with Gasteiger partial charge in [-0.1, -0.05) is 343 Å². The van der Waals surface area contributed by atoms with Gasteiger partial charge in [0, 0.05) is 82.1 Å². The van der Waals surface area contributed by atoms with Crippen molar-refractivity contribution in [3.8, 4) is 23.0 Å². The molecule has 12 aromatic carbocycles. The highest BCUT2D eigenvalue weighted by molar-refractivity contribution is 9.10. The maximum atomic E-state index is 11.8. The Labute approximate surface area is 878 Å². The minimum absolute atomic E-state index is 0.0413. The number of rotatable bonds is 14. The number of hydrogen-bond acceptors (Lipinski definition) is 20. The zero-order chi connectivity index (χ0) is 108. The monoisotopic (exact) mass is 2070 g/mol. The Hall–Kier alpha value is -14.2. The van der Waals surface area contributed by atoms with Gasteiger partial charge < -0.3 is 42.8 Å². The normalized spacial score (nSPS) is 11.5. The fourth-order valence-electron chi connectivity index (χ4n) is 15.9. The van der Waals surface area contributed by atoms with Crippen LogP contribution < -0.4 is 52.0 Å². The number of nitrogens with zero attached hydrogens (tertiary/aromatic N) is 8.